The summed E-state index contributed by atoms with van der Waals surface area (Å²) in [6.45, 7) is 0. The van der Waals surface area contributed by atoms with Gasteiger partial charge in [0.2, 0.25) is 5.95 Å². The molecular formula is C42H25N3O. The fourth-order valence-electron chi connectivity index (χ4n) is 7.16. The van der Waals surface area contributed by atoms with Crippen molar-refractivity contribution in [3.8, 4) is 28.3 Å². The Balaban J connectivity index is 1.33. The topological polar surface area (TPSA) is 43.9 Å². The number of nitrogens with zero attached hydrogens (tertiary/aromatic N) is 3. The summed E-state index contributed by atoms with van der Waals surface area (Å²) >= 11 is 0. The molecule has 4 nitrogen and oxygen atoms in total. The number of furan rings is 1. The lowest BCUT2D eigenvalue weighted by Gasteiger charge is -2.13. The third-order valence-corrected chi connectivity index (χ3v) is 9.20. The van der Waals surface area contributed by atoms with Crippen molar-refractivity contribution in [2.45, 2.75) is 0 Å². The average molecular weight is 588 g/mol. The van der Waals surface area contributed by atoms with E-state index in [2.05, 4.69) is 138 Å². The first-order valence-electron chi connectivity index (χ1n) is 15.5. The molecule has 10 aromatic rings. The molecule has 0 fully saturated rings. The van der Waals surface area contributed by atoms with Crippen LogP contribution in [0.15, 0.2) is 156 Å². The molecule has 0 aliphatic heterocycles. The molecule has 3 heterocycles. The Morgan fingerprint density at radius 2 is 1.04 bits per heavy atom. The SMILES string of the molecule is c1ccc(-c2ccc(-c3nc(-n4c5ccccc5c5c6c7ccccc7oc6c6ccccc6c54)nc4ccccc34)cc2)cc1. The predicted octanol–water partition coefficient (Wildman–Crippen LogP) is 11.1. The van der Waals surface area contributed by atoms with Crippen LogP contribution in [0, 0.1) is 0 Å². The first-order valence-corrected chi connectivity index (χ1v) is 15.5. The lowest BCUT2D eigenvalue weighted by Crippen LogP contribution is -2.03. The highest BCUT2D eigenvalue weighted by Crippen LogP contribution is 2.45. The lowest BCUT2D eigenvalue weighted by molar-refractivity contribution is 0.673. The van der Waals surface area contributed by atoms with Crippen LogP contribution in [-0.4, -0.2) is 14.5 Å². The van der Waals surface area contributed by atoms with E-state index in [4.69, 9.17) is 14.4 Å². The average Bonchev–Trinajstić information content (AvgIpc) is 3.68. The third kappa shape index (κ3) is 3.55. The van der Waals surface area contributed by atoms with Gasteiger partial charge in [0.05, 0.1) is 22.2 Å². The minimum absolute atomic E-state index is 0.643. The number of rotatable bonds is 3. The minimum atomic E-state index is 0.643. The van der Waals surface area contributed by atoms with Gasteiger partial charge in [-0.15, -0.1) is 0 Å². The van der Waals surface area contributed by atoms with Crippen molar-refractivity contribution in [3.63, 3.8) is 0 Å². The largest absolute Gasteiger partial charge is 0.455 e. The number of hydrogen-bond donors (Lipinski definition) is 0. The third-order valence-electron chi connectivity index (χ3n) is 9.20. The smallest absolute Gasteiger partial charge is 0.235 e. The number of aromatic nitrogens is 3. The summed E-state index contributed by atoms with van der Waals surface area (Å²) in [5.41, 5.74) is 9.16. The Bertz CT molecular complexity index is 2790. The van der Waals surface area contributed by atoms with Gasteiger partial charge in [-0.3, -0.25) is 4.57 Å². The Kier molecular flexibility index (Phi) is 5.25. The van der Waals surface area contributed by atoms with E-state index in [1.54, 1.807) is 0 Å². The lowest BCUT2D eigenvalue weighted by atomic mass is 9.99. The molecule has 3 aromatic heterocycles. The summed E-state index contributed by atoms with van der Waals surface area (Å²) in [7, 11) is 0. The van der Waals surface area contributed by atoms with Gasteiger partial charge >= 0.3 is 0 Å². The fourth-order valence-corrected chi connectivity index (χ4v) is 7.16. The molecule has 10 rings (SSSR count). The van der Waals surface area contributed by atoms with Gasteiger partial charge in [-0.1, -0.05) is 133 Å². The van der Waals surface area contributed by atoms with Crippen molar-refractivity contribution in [2.75, 3.05) is 0 Å². The van der Waals surface area contributed by atoms with Crippen molar-refractivity contribution in [2.24, 2.45) is 0 Å². The van der Waals surface area contributed by atoms with Crippen LogP contribution in [-0.2, 0) is 0 Å². The van der Waals surface area contributed by atoms with Crippen LogP contribution >= 0.6 is 0 Å². The van der Waals surface area contributed by atoms with Crippen LogP contribution in [0.5, 0.6) is 0 Å². The van der Waals surface area contributed by atoms with Crippen molar-refractivity contribution < 1.29 is 4.42 Å². The van der Waals surface area contributed by atoms with Crippen LogP contribution in [0.3, 0.4) is 0 Å². The highest BCUT2D eigenvalue weighted by Gasteiger charge is 2.24. The van der Waals surface area contributed by atoms with Crippen LogP contribution < -0.4 is 0 Å². The second-order valence-corrected chi connectivity index (χ2v) is 11.8. The molecule has 4 heteroatoms. The van der Waals surface area contributed by atoms with Crippen LogP contribution in [0.2, 0.25) is 0 Å². The Morgan fingerprint density at radius 3 is 1.87 bits per heavy atom. The standard InChI is InChI=1S/C42H25N3O/c1-2-12-26(13-3-1)27-22-24-28(25-23-27)39-31-16-6-9-19-34(31)43-42(44-39)45-35-20-10-7-17-32(35)37-38-33-18-8-11-21-36(33)46-41(38)30-15-5-4-14-29(30)40(37)45/h1-25H. The molecule has 0 radical (unpaired) electrons. The van der Waals surface area contributed by atoms with Crippen LogP contribution in [0.4, 0.5) is 0 Å². The van der Waals surface area contributed by atoms with E-state index in [9.17, 15) is 0 Å². The molecule has 0 aliphatic rings. The fraction of sp³-hybridized carbons (Fsp3) is 0. The number of hydrogen-bond acceptors (Lipinski definition) is 3. The number of fused-ring (bicyclic) bond motifs is 11. The first-order chi connectivity index (χ1) is 22.8. The molecular weight excluding hydrogens is 562 g/mol. The number of para-hydroxylation sites is 3. The zero-order valence-electron chi connectivity index (χ0n) is 24.7. The monoisotopic (exact) mass is 587 g/mol. The van der Waals surface area contributed by atoms with Gasteiger partial charge < -0.3 is 4.42 Å². The van der Waals surface area contributed by atoms with Crippen LogP contribution in [0.1, 0.15) is 0 Å². The molecule has 0 aliphatic carbocycles. The van der Waals surface area contributed by atoms with Crippen LogP contribution in [0.25, 0.3) is 93.8 Å². The maximum absolute atomic E-state index is 6.57. The quantitative estimate of drug-likeness (QED) is 0.207. The van der Waals surface area contributed by atoms with E-state index in [1.165, 1.54) is 11.1 Å². The van der Waals surface area contributed by atoms with Gasteiger partial charge in [0.1, 0.15) is 11.2 Å². The van der Waals surface area contributed by atoms with Crippen molar-refractivity contribution >= 4 is 65.4 Å². The van der Waals surface area contributed by atoms with E-state index in [0.717, 1.165) is 76.7 Å². The highest BCUT2D eigenvalue weighted by atomic mass is 16.3. The molecule has 0 spiro atoms. The summed E-state index contributed by atoms with van der Waals surface area (Å²) in [5, 5.41) is 7.72. The van der Waals surface area contributed by atoms with E-state index < -0.39 is 0 Å². The Labute approximate surface area is 263 Å². The van der Waals surface area contributed by atoms with Crippen molar-refractivity contribution in [1.82, 2.24) is 14.5 Å². The summed E-state index contributed by atoms with van der Waals surface area (Å²) in [4.78, 5) is 10.6. The van der Waals surface area contributed by atoms with E-state index in [1.807, 2.05) is 18.2 Å². The van der Waals surface area contributed by atoms with Gasteiger partial charge in [0, 0.05) is 43.3 Å². The summed E-state index contributed by atoms with van der Waals surface area (Å²) in [6.07, 6.45) is 0. The summed E-state index contributed by atoms with van der Waals surface area (Å²) in [5.74, 6) is 0.643. The Hall–Kier alpha value is -6.26. The summed E-state index contributed by atoms with van der Waals surface area (Å²) < 4.78 is 8.83. The predicted molar refractivity (Wildman–Crippen MR) is 190 cm³/mol. The zero-order valence-corrected chi connectivity index (χ0v) is 24.7. The van der Waals surface area contributed by atoms with Gasteiger partial charge in [-0.25, -0.2) is 9.97 Å². The molecule has 214 valence electrons. The first kappa shape index (κ1) is 25.1. The normalized spacial score (nSPS) is 11.9. The molecule has 0 amide bonds. The minimum Gasteiger partial charge on any atom is -0.455 e. The second-order valence-electron chi connectivity index (χ2n) is 11.8. The molecule has 7 aromatic carbocycles. The maximum Gasteiger partial charge on any atom is 0.235 e. The molecule has 0 saturated carbocycles. The molecule has 0 N–H and O–H groups in total. The molecule has 0 unspecified atom stereocenters. The molecule has 46 heavy (non-hydrogen) atoms. The second kappa shape index (κ2) is 9.62. The van der Waals surface area contributed by atoms with Crippen molar-refractivity contribution in [3.05, 3.63) is 152 Å². The molecule has 0 saturated heterocycles. The molecule has 0 bridgehead atoms. The van der Waals surface area contributed by atoms with E-state index in [-0.39, 0.29) is 0 Å². The maximum atomic E-state index is 6.57. The van der Waals surface area contributed by atoms with E-state index in [0.29, 0.717) is 5.95 Å². The number of benzene rings is 7. The highest BCUT2D eigenvalue weighted by molar-refractivity contribution is 6.35. The van der Waals surface area contributed by atoms with Gasteiger partial charge in [-0.05, 0) is 29.3 Å². The van der Waals surface area contributed by atoms with Crippen molar-refractivity contribution in [1.29, 1.82) is 0 Å². The Morgan fingerprint density at radius 1 is 0.435 bits per heavy atom. The van der Waals surface area contributed by atoms with Gasteiger partial charge in [-0.2, -0.15) is 0 Å². The molecule has 0 atom stereocenters. The summed E-state index contributed by atoms with van der Waals surface area (Å²) in [6, 6.07) is 52.9. The van der Waals surface area contributed by atoms with E-state index >= 15 is 0 Å². The van der Waals surface area contributed by atoms with Gasteiger partial charge in [0.15, 0.2) is 0 Å². The van der Waals surface area contributed by atoms with Gasteiger partial charge in [0.25, 0.3) is 0 Å². The zero-order chi connectivity index (χ0) is 30.2.